The number of amides is 1. The van der Waals surface area contributed by atoms with Crippen LogP contribution in [-0.2, 0) is 4.79 Å². The molecule has 1 unspecified atom stereocenters. The van der Waals surface area contributed by atoms with Crippen LogP contribution < -0.4 is 5.73 Å². The Balaban J connectivity index is 2.01. The first kappa shape index (κ1) is 10.9. The molecule has 0 radical (unpaired) electrons. The predicted molar refractivity (Wildman–Crippen MR) is 59.4 cm³/mol. The van der Waals surface area contributed by atoms with Crippen LogP contribution in [0.1, 0.15) is 26.2 Å². The molecule has 0 bridgehead atoms. The highest BCUT2D eigenvalue weighted by molar-refractivity contribution is 5.87. The maximum atomic E-state index is 12.2. The summed E-state index contributed by atoms with van der Waals surface area (Å²) in [5, 5.41) is 0. The molecule has 1 amide bonds. The van der Waals surface area contributed by atoms with Crippen LogP contribution in [0.15, 0.2) is 0 Å². The Hall–Kier alpha value is -0.610. The molecule has 2 N–H and O–H groups in total. The quantitative estimate of drug-likeness (QED) is 0.666. The molecule has 2 rings (SSSR count). The summed E-state index contributed by atoms with van der Waals surface area (Å²) in [4.78, 5) is 16.4. The van der Waals surface area contributed by atoms with Gasteiger partial charge in [-0.1, -0.05) is 0 Å². The van der Waals surface area contributed by atoms with Crippen LogP contribution in [0, 0.1) is 0 Å². The van der Waals surface area contributed by atoms with Crippen molar-refractivity contribution in [3.63, 3.8) is 0 Å². The smallest absolute Gasteiger partial charge is 0.242 e. The monoisotopic (exact) mass is 211 g/mol. The molecule has 4 nitrogen and oxygen atoms in total. The van der Waals surface area contributed by atoms with Gasteiger partial charge in [0.2, 0.25) is 5.91 Å². The lowest BCUT2D eigenvalue weighted by Crippen LogP contribution is -2.64. The summed E-state index contributed by atoms with van der Waals surface area (Å²) in [6.45, 7) is 4.86. The minimum absolute atomic E-state index is 0.175. The zero-order valence-electron chi connectivity index (χ0n) is 9.70. The Morgan fingerprint density at radius 1 is 1.40 bits per heavy atom. The first-order valence-electron chi connectivity index (χ1n) is 5.81. The van der Waals surface area contributed by atoms with E-state index < -0.39 is 5.54 Å². The number of likely N-dealkylation sites (N-methyl/N-ethyl adjacent to an activating group) is 1. The summed E-state index contributed by atoms with van der Waals surface area (Å²) in [7, 11) is 2.10. The Bertz CT molecular complexity index is 263. The molecule has 0 aromatic rings. The Labute approximate surface area is 91.4 Å². The van der Waals surface area contributed by atoms with Crippen molar-refractivity contribution in [1.82, 2.24) is 9.80 Å². The number of hydrogen-bond donors (Lipinski definition) is 1. The first-order chi connectivity index (χ1) is 7.03. The number of nitrogens with two attached hydrogens (primary N) is 1. The summed E-state index contributed by atoms with van der Waals surface area (Å²) in [5.41, 5.74) is 5.55. The maximum absolute atomic E-state index is 12.2. The molecule has 0 aromatic carbocycles. The Morgan fingerprint density at radius 2 is 2.07 bits per heavy atom. The number of hydrogen-bond acceptors (Lipinski definition) is 3. The third kappa shape index (κ3) is 1.88. The molecule has 86 valence electrons. The lowest BCUT2D eigenvalue weighted by atomic mass is 9.76. The standard InChI is InChI=1S/C11H21N3O/c1-9-8-13(2)6-7-14(9)10(15)11(12)4-3-5-11/h9H,3-8,12H2,1-2H3. The molecule has 4 heteroatoms. The van der Waals surface area contributed by atoms with Gasteiger partial charge >= 0.3 is 0 Å². The number of carbonyl (C=O) groups excluding carboxylic acids is 1. The number of piperazine rings is 1. The second-order valence-electron chi connectivity index (χ2n) is 5.12. The van der Waals surface area contributed by atoms with Crippen LogP contribution in [-0.4, -0.2) is 54.0 Å². The highest BCUT2D eigenvalue weighted by atomic mass is 16.2. The van der Waals surface area contributed by atoms with Gasteiger partial charge in [0.05, 0.1) is 5.54 Å². The van der Waals surface area contributed by atoms with Gasteiger partial charge < -0.3 is 15.5 Å². The van der Waals surface area contributed by atoms with E-state index in [4.69, 9.17) is 5.73 Å². The fourth-order valence-electron chi connectivity index (χ4n) is 2.50. The van der Waals surface area contributed by atoms with Crippen LogP contribution >= 0.6 is 0 Å². The molecule has 2 fully saturated rings. The average Bonchev–Trinajstić information content (AvgIpc) is 2.13. The zero-order chi connectivity index (χ0) is 11.1. The number of carbonyl (C=O) groups is 1. The van der Waals surface area contributed by atoms with E-state index in [-0.39, 0.29) is 5.91 Å². The molecule has 1 aliphatic heterocycles. The zero-order valence-corrected chi connectivity index (χ0v) is 9.70. The average molecular weight is 211 g/mol. The van der Waals surface area contributed by atoms with Gasteiger partial charge in [-0.05, 0) is 33.2 Å². The largest absolute Gasteiger partial charge is 0.336 e. The molecular formula is C11H21N3O. The molecule has 1 saturated heterocycles. The highest BCUT2D eigenvalue weighted by Crippen LogP contribution is 2.31. The lowest BCUT2D eigenvalue weighted by molar-refractivity contribution is -0.144. The minimum atomic E-state index is -0.524. The number of nitrogens with zero attached hydrogens (tertiary/aromatic N) is 2. The summed E-state index contributed by atoms with van der Waals surface area (Å²) in [5.74, 6) is 0.175. The highest BCUT2D eigenvalue weighted by Gasteiger charge is 2.44. The first-order valence-corrected chi connectivity index (χ1v) is 5.81. The summed E-state index contributed by atoms with van der Waals surface area (Å²) in [6.07, 6.45) is 2.83. The van der Waals surface area contributed by atoms with Crippen LogP contribution in [0.5, 0.6) is 0 Å². The van der Waals surface area contributed by atoms with Gasteiger partial charge in [-0.3, -0.25) is 4.79 Å². The van der Waals surface area contributed by atoms with E-state index in [0.717, 1.165) is 38.9 Å². The van der Waals surface area contributed by atoms with E-state index in [1.165, 1.54) is 0 Å². The molecule has 0 spiro atoms. The van der Waals surface area contributed by atoms with Crippen LogP contribution in [0.25, 0.3) is 0 Å². The van der Waals surface area contributed by atoms with E-state index in [9.17, 15) is 4.79 Å². The second kappa shape index (κ2) is 3.76. The van der Waals surface area contributed by atoms with Crippen molar-refractivity contribution in [1.29, 1.82) is 0 Å². The van der Waals surface area contributed by atoms with Crippen molar-refractivity contribution in [3.8, 4) is 0 Å². The van der Waals surface area contributed by atoms with Crippen molar-refractivity contribution in [2.75, 3.05) is 26.7 Å². The van der Waals surface area contributed by atoms with Crippen molar-refractivity contribution >= 4 is 5.91 Å². The molecule has 1 atom stereocenters. The second-order valence-corrected chi connectivity index (χ2v) is 5.12. The fourth-order valence-corrected chi connectivity index (χ4v) is 2.50. The van der Waals surface area contributed by atoms with E-state index >= 15 is 0 Å². The van der Waals surface area contributed by atoms with Gasteiger partial charge in [-0.15, -0.1) is 0 Å². The van der Waals surface area contributed by atoms with Crippen molar-refractivity contribution in [2.24, 2.45) is 5.73 Å². The van der Waals surface area contributed by atoms with Gasteiger partial charge in [-0.2, -0.15) is 0 Å². The van der Waals surface area contributed by atoms with E-state index in [2.05, 4.69) is 18.9 Å². The van der Waals surface area contributed by atoms with Crippen molar-refractivity contribution < 1.29 is 4.79 Å². The van der Waals surface area contributed by atoms with Crippen LogP contribution in [0.3, 0.4) is 0 Å². The van der Waals surface area contributed by atoms with Crippen molar-refractivity contribution in [2.45, 2.75) is 37.8 Å². The van der Waals surface area contributed by atoms with Gasteiger partial charge in [0.15, 0.2) is 0 Å². The predicted octanol–water partition coefficient (Wildman–Crippen LogP) is 0.0303. The van der Waals surface area contributed by atoms with Gasteiger partial charge in [-0.25, -0.2) is 0 Å². The molecular weight excluding hydrogens is 190 g/mol. The Morgan fingerprint density at radius 3 is 2.53 bits per heavy atom. The van der Waals surface area contributed by atoms with E-state index in [1.54, 1.807) is 0 Å². The fraction of sp³-hybridized carbons (Fsp3) is 0.909. The third-order valence-corrected chi connectivity index (χ3v) is 3.76. The Kier molecular flexibility index (Phi) is 2.73. The van der Waals surface area contributed by atoms with E-state index in [1.807, 2.05) is 4.90 Å². The molecule has 0 aromatic heterocycles. The van der Waals surface area contributed by atoms with Gasteiger partial charge in [0.1, 0.15) is 0 Å². The molecule has 15 heavy (non-hydrogen) atoms. The summed E-state index contributed by atoms with van der Waals surface area (Å²) >= 11 is 0. The molecule has 1 aliphatic carbocycles. The number of rotatable bonds is 1. The molecule has 2 aliphatic rings. The summed E-state index contributed by atoms with van der Waals surface area (Å²) in [6, 6.07) is 0.303. The SMILES string of the molecule is CC1CN(C)CCN1C(=O)C1(N)CCC1. The lowest BCUT2D eigenvalue weighted by Gasteiger charge is -2.45. The molecule has 1 heterocycles. The van der Waals surface area contributed by atoms with Gasteiger partial charge in [0.25, 0.3) is 0 Å². The van der Waals surface area contributed by atoms with Crippen LogP contribution in [0.4, 0.5) is 0 Å². The minimum Gasteiger partial charge on any atom is -0.336 e. The summed E-state index contributed by atoms with van der Waals surface area (Å²) < 4.78 is 0. The topological polar surface area (TPSA) is 49.6 Å². The normalized spacial score (nSPS) is 31.1. The van der Waals surface area contributed by atoms with Gasteiger partial charge in [0, 0.05) is 25.7 Å². The van der Waals surface area contributed by atoms with E-state index in [0.29, 0.717) is 6.04 Å². The van der Waals surface area contributed by atoms with Crippen molar-refractivity contribution in [3.05, 3.63) is 0 Å². The molecule has 1 saturated carbocycles. The third-order valence-electron chi connectivity index (χ3n) is 3.76. The van der Waals surface area contributed by atoms with Crippen LogP contribution in [0.2, 0.25) is 0 Å². The maximum Gasteiger partial charge on any atom is 0.242 e.